The fraction of sp³-hybridized carbons (Fsp3) is 0.290. The second-order valence-electron chi connectivity index (χ2n) is 10.2. The van der Waals surface area contributed by atoms with Crippen molar-refractivity contribution < 1.29 is 22.7 Å². The molecule has 0 spiro atoms. The minimum atomic E-state index is -3.94. The number of benzene rings is 3. The molecule has 1 aliphatic heterocycles. The topological polar surface area (TPSA) is 121 Å². The number of fused-ring (bicyclic) bond motifs is 1. The largest absolute Gasteiger partial charge is 0.507 e. The molecular formula is C31H33N3O6S. The molecule has 0 saturated carbocycles. The Hall–Kier alpha value is -3.99. The standard InChI is InChI=1S/C31H33N3O6S/c1-21-12-14-24(15-13-21)41(37,38)33-32-22(2)26(20-34-16-18-39-19-17-34)28(23-8-4-3-5-9-23)29-30(35)25-10-6-7-11-27(25)40-31(29)36/h3-15,26,28,33,35H,16-20H2,1-2H3/b32-22-/t26-,28-/m1/s1. The summed E-state index contributed by atoms with van der Waals surface area (Å²) in [5, 5.41) is 16.3. The average Bonchev–Trinajstić information content (AvgIpc) is 2.98. The van der Waals surface area contributed by atoms with Crippen molar-refractivity contribution in [2.75, 3.05) is 32.8 Å². The van der Waals surface area contributed by atoms with Crippen molar-refractivity contribution in [3.8, 4) is 5.75 Å². The molecule has 4 aromatic rings. The number of morpholine rings is 1. The van der Waals surface area contributed by atoms with Crippen LogP contribution in [0.15, 0.2) is 98.1 Å². The Morgan fingerprint density at radius 3 is 2.37 bits per heavy atom. The highest BCUT2D eigenvalue weighted by Crippen LogP contribution is 2.39. The number of nitrogens with one attached hydrogen (secondary N) is 1. The highest BCUT2D eigenvalue weighted by Gasteiger charge is 2.35. The van der Waals surface area contributed by atoms with Crippen molar-refractivity contribution in [1.29, 1.82) is 0 Å². The van der Waals surface area contributed by atoms with Gasteiger partial charge in [0.25, 0.3) is 10.0 Å². The van der Waals surface area contributed by atoms with Crippen LogP contribution in [0.1, 0.15) is 29.5 Å². The van der Waals surface area contributed by atoms with Crippen molar-refractivity contribution in [3.63, 3.8) is 0 Å². The van der Waals surface area contributed by atoms with E-state index < -0.39 is 27.5 Å². The highest BCUT2D eigenvalue weighted by atomic mass is 32.2. The summed E-state index contributed by atoms with van der Waals surface area (Å²) in [5.74, 6) is -1.36. The molecule has 0 radical (unpaired) electrons. The minimum Gasteiger partial charge on any atom is -0.507 e. The predicted molar refractivity (Wildman–Crippen MR) is 158 cm³/mol. The highest BCUT2D eigenvalue weighted by molar-refractivity contribution is 7.89. The van der Waals surface area contributed by atoms with Gasteiger partial charge in [0.1, 0.15) is 11.3 Å². The maximum Gasteiger partial charge on any atom is 0.343 e. The Bertz CT molecular complexity index is 1700. The lowest BCUT2D eigenvalue weighted by Crippen LogP contribution is -2.43. The van der Waals surface area contributed by atoms with Gasteiger partial charge in [0.2, 0.25) is 0 Å². The first-order valence-electron chi connectivity index (χ1n) is 13.5. The number of para-hydroxylation sites is 1. The van der Waals surface area contributed by atoms with E-state index in [1.165, 1.54) is 12.1 Å². The predicted octanol–water partition coefficient (Wildman–Crippen LogP) is 4.24. The van der Waals surface area contributed by atoms with Gasteiger partial charge in [-0.3, -0.25) is 4.90 Å². The molecule has 5 rings (SSSR count). The quantitative estimate of drug-likeness (QED) is 0.174. The lowest BCUT2D eigenvalue weighted by molar-refractivity contribution is 0.0335. The van der Waals surface area contributed by atoms with Gasteiger partial charge < -0.3 is 14.3 Å². The summed E-state index contributed by atoms with van der Waals surface area (Å²) < 4.78 is 37.4. The van der Waals surface area contributed by atoms with Crippen molar-refractivity contribution in [1.82, 2.24) is 9.73 Å². The summed E-state index contributed by atoms with van der Waals surface area (Å²) >= 11 is 0. The van der Waals surface area contributed by atoms with Crippen LogP contribution in [-0.2, 0) is 14.8 Å². The second kappa shape index (κ2) is 12.3. The normalized spacial score (nSPS) is 16.4. The van der Waals surface area contributed by atoms with E-state index in [-0.39, 0.29) is 21.8 Å². The zero-order valence-electron chi connectivity index (χ0n) is 23.0. The van der Waals surface area contributed by atoms with Gasteiger partial charge in [-0.15, -0.1) is 0 Å². The van der Waals surface area contributed by atoms with Gasteiger partial charge in [-0.25, -0.2) is 9.63 Å². The second-order valence-corrected chi connectivity index (χ2v) is 11.9. The van der Waals surface area contributed by atoms with Crippen LogP contribution in [0.2, 0.25) is 0 Å². The van der Waals surface area contributed by atoms with Gasteiger partial charge in [0.15, 0.2) is 0 Å². The van der Waals surface area contributed by atoms with Crippen molar-refractivity contribution in [2.24, 2.45) is 11.0 Å². The summed E-state index contributed by atoms with van der Waals surface area (Å²) in [4.78, 5) is 18.2. The molecular weight excluding hydrogens is 542 g/mol. The van der Waals surface area contributed by atoms with E-state index in [2.05, 4.69) is 14.8 Å². The Balaban J connectivity index is 1.63. The first-order valence-corrected chi connectivity index (χ1v) is 15.0. The molecule has 2 heterocycles. The van der Waals surface area contributed by atoms with Crippen LogP contribution in [0.5, 0.6) is 5.75 Å². The smallest absolute Gasteiger partial charge is 0.343 e. The zero-order valence-corrected chi connectivity index (χ0v) is 23.8. The summed E-state index contributed by atoms with van der Waals surface area (Å²) in [6.45, 7) is 6.50. The molecule has 10 heteroatoms. The fourth-order valence-electron chi connectivity index (χ4n) is 5.21. The molecule has 41 heavy (non-hydrogen) atoms. The molecule has 214 valence electrons. The number of hydrazone groups is 1. The van der Waals surface area contributed by atoms with Crippen LogP contribution < -0.4 is 10.5 Å². The number of aromatic hydroxyl groups is 1. The van der Waals surface area contributed by atoms with Gasteiger partial charge in [-0.05, 0) is 43.7 Å². The van der Waals surface area contributed by atoms with Gasteiger partial charge in [-0.1, -0.05) is 60.2 Å². The van der Waals surface area contributed by atoms with Crippen LogP contribution >= 0.6 is 0 Å². The number of nitrogens with zero attached hydrogens (tertiary/aromatic N) is 2. The summed E-state index contributed by atoms with van der Waals surface area (Å²) in [6, 6.07) is 22.7. The van der Waals surface area contributed by atoms with Crippen LogP contribution in [0, 0.1) is 12.8 Å². The molecule has 1 saturated heterocycles. The van der Waals surface area contributed by atoms with E-state index in [9.17, 15) is 18.3 Å². The molecule has 0 bridgehead atoms. The summed E-state index contributed by atoms with van der Waals surface area (Å²) in [7, 11) is -3.94. The minimum absolute atomic E-state index is 0.0943. The Kier molecular flexibility index (Phi) is 8.53. The van der Waals surface area contributed by atoms with E-state index in [1.54, 1.807) is 43.3 Å². The molecule has 1 aliphatic rings. The van der Waals surface area contributed by atoms with Crippen LogP contribution in [-0.4, -0.2) is 57.0 Å². The molecule has 2 atom stereocenters. The van der Waals surface area contributed by atoms with Gasteiger partial charge >= 0.3 is 5.63 Å². The summed E-state index contributed by atoms with van der Waals surface area (Å²) in [6.07, 6.45) is 0. The zero-order chi connectivity index (χ0) is 29.0. The third-order valence-corrected chi connectivity index (χ3v) is 8.69. The molecule has 0 aliphatic carbocycles. The Morgan fingerprint density at radius 1 is 1.00 bits per heavy atom. The third-order valence-electron chi connectivity index (χ3n) is 7.46. The molecule has 2 N–H and O–H groups in total. The summed E-state index contributed by atoms with van der Waals surface area (Å²) in [5.41, 5.74) is 1.88. The van der Waals surface area contributed by atoms with E-state index in [0.717, 1.165) is 11.1 Å². The van der Waals surface area contributed by atoms with Crippen molar-refractivity contribution in [2.45, 2.75) is 24.7 Å². The number of rotatable bonds is 9. The van der Waals surface area contributed by atoms with E-state index in [1.807, 2.05) is 37.3 Å². The van der Waals surface area contributed by atoms with E-state index in [4.69, 9.17) is 9.15 Å². The third kappa shape index (κ3) is 6.35. The Labute approximate surface area is 239 Å². The van der Waals surface area contributed by atoms with Gasteiger partial charge in [0, 0.05) is 37.2 Å². The number of hydrogen-bond acceptors (Lipinski definition) is 8. The number of ether oxygens (including phenoxy) is 1. The lowest BCUT2D eigenvalue weighted by Gasteiger charge is -2.34. The first kappa shape index (κ1) is 28.5. The Morgan fingerprint density at radius 2 is 1.66 bits per heavy atom. The van der Waals surface area contributed by atoms with Crippen molar-refractivity contribution >= 4 is 26.7 Å². The first-order chi connectivity index (χ1) is 19.7. The molecule has 1 fully saturated rings. The maximum absolute atomic E-state index is 13.5. The van der Waals surface area contributed by atoms with Crippen LogP contribution in [0.25, 0.3) is 11.0 Å². The van der Waals surface area contributed by atoms with Crippen LogP contribution in [0.4, 0.5) is 0 Å². The maximum atomic E-state index is 13.5. The van der Waals surface area contributed by atoms with E-state index in [0.29, 0.717) is 43.9 Å². The molecule has 9 nitrogen and oxygen atoms in total. The van der Waals surface area contributed by atoms with Gasteiger partial charge in [-0.2, -0.15) is 13.5 Å². The molecule has 1 aromatic heterocycles. The SMILES string of the molecule is C/C(=N/NS(=O)(=O)c1ccc(C)cc1)[C@@H](CN1CCOCC1)[C@@H](c1ccccc1)c1c(O)c2ccccc2oc1=O. The van der Waals surface area contributed by atoms with Crippen LogP contribution in [0.3, 0.4) is 0 Å². The number of sulfonamides is 1. The van der Waals surface area contributed by atoms with Crippen molar-refractivity contribution in [3.05, 3.63) is 106 Å². The molecule has 3 aromatic carbocycles. The number of aryl methyl sites for hydroxylation is 1. The lowest BCUT2D eigenvalue weighted by atomic mass is 9.78. The monoisotopic (exact) mass is 575 g/mol. The fourth-order valence-corrected chi connectivity index (χ4v) is 6.07. The number of hydrogen-bond donors (Lipinski definition) is 2. The average molecular weight is 576 g/mol. The molecule has 0 unspecified atom stereocenters. The van der Waals surface area contributed by atoms with E-state index >= 15 is 0 Å². The van der Waals surface area contributed by atoms with Gasteiger partial charge in [0.05, 0.1) is 29.1 Å². The molecule has 0 amide bonds.